The number of rotatable bonds is 4. The van der Waals surface area contributed by atoms with Gasteiger partial charge in [-0.25, -0.2) is 0 Å². The molecule has 0 aliphatic carbocycles. The fourth-order valence-corrected chi connectivity index (χ4v) is 3.06. The number of anilines is 1. The van der Waals surface area contributed by atoms with Gasteiger partial charge in [0.15, 0.2) is 17.3 Å². The lowest BCUT2D eigenvalue weighted by Gasteiger charge is -2.12. The molecule has 4 rings (SSSR count). The molecule has 0 atom stereocenters. The van der Waals surface area contributed by atoms with Gasteiger partial charge in [-0.05, 0) is 18.2 Å². The van der Waals surface area contributed by atoms with Crippen molar-refractivity contribution in [1.29, 1.82) is 0 Å². The maximum Gasteiger partial charge on any atom is 0.256 e. The monoisotopic (exact) mass is 373 g/mol. The Morgan fingerprint density at radius 3 is 2.21 bits per heavy atom. The second-order valence-electron chi connectivity index (χ2n) is 6.41. The molecule has 1 N–H and O–H groups in total. The highest BCUT2D eigenvalue weighted by Crippen LogP contribution is 2.32. The van der Waals surface area contributed by atoms with Gasteiger partial charge in [-0.2, -0.15) is 0 Å². The van der Waals surface area contributed by atoms with Gasteiger partial charge >= 0.3 is 0 Å². The van der Waals surface area contributed by atoms with Gasteiger partial charge < -0.3 is 14.8 Å². The van der Waals surface area contributed by atoms with E-state index in [4.69, 9.17) is 9.47 Å². The molecular weight excluding hydrogens is 354 g/mol. The Balaban J connectivity index is 1.59. The smallest absolute Gasteiger partial charge is 0.256 e. The Labute approximate surface area is 162 Å². The summed E-state index contributed by atoms with van der Waals surface area (Å²) in [6.07, 6.45) is 0.811. The lowest BCUT2D eigenvalue weighted by molar-refractivity contribution is 0.0996. The van der Waals surface area contributed by atoms with E-state index in [9.17, 15) is 9.59 Å². The summed E-state index contributed by atoms with van der Waals surface area (Å²) in [4.78, 5) is 25.7. The van der Waals surface area contributed by atoms with Gasteiger partial charge in [0.2, 0.25) is 0 Å². The van der Waals surface area contributed by atoms with Crippen LogP contribution >= 0.6 is 0 Å². The zero-order chi connectivity index (χ0) is 19.3. The molecule has 1 heterocycles. The molecule has 0 radical (unpaired) electrons. The molecule has 140 valence electrons. The van der Waals surface area contributed by atoms with Crippen molar-refractivity contribution in [2.45, 2.75) is 6.42 Å². The molecule has 1 aliphatic rings. The minimum atomic E-state index is -0.352. The Hall–Kier alpha value is -3.60. The number of carbonyl (C=O) groups is 2. The van der Waals surface area contributed by atoms with Crippen LogP contribution in [0.25, 0.3) is 0 Å². The number of hydrogen-bond acceptors (Lipinski definition) is 4. The molecule has 0 saturated carbocycles. The minimum Gasteiger partial charge on any atom is -0.490 e. The first-order valence-electron chi connectivity index (χ1n) is 9.12. The highest BCUT2D eigenvalue weighted by atomic mass is 16.5. The molecule has 5 nitrogen and oxygen atoms in total. The van der Waals surface area contributed by atoms with Crippen molar-refractivity contribution in [3.05, 3.63) is 89.5 Å². The largest absolute Gasteiger partial charge is 0.490 e. The van der Waals surface area contributed by atoms with Crippen molar-refractivity contribution >= 4 is 17.4 Å². The number of nitrogens with one attached hydrogen (secondary N) is 1. The van der Waals surface area contributed by atoms with Gasteiger partial charge in [-0.1, -0.05) is 48.5 Å². The van der Waals surface area contributed by atoms with Crippen LogP contribution < -0.4 is 14.8 Å². The normalized spacial score (nSPS) is 12.7. The fourth-order valence-electron chi connectivity index (χ4n) is 3.06. The van der Waals surface area contributed by atoms with Crippen LogP contribution in [0.4, 0.5) is 5.69 Å². The predicted molar refractivity (Wildman–Crippen MR) is 106 cm³/mol. The van der Waals surface area contributed by atoms with Crippen molar-refractivity contribution in [2.75, 3.05) is 18.5 Å². The molecule has 1 aliphatic heterocycles. The summed E-state index contributed by atoms with van der Waals surface area (Å²) >= 11 is 0. The van der Waals surface area contributed by atoms with Crippen LogP contribution in [0.2, 0.25) is 0 Å². The number of fused-ring (bicyclic) bond motifs is 1. The number of amides is 1. The predicted octanol–water partition coefficient (Wildman–Crippen LogP) is 4.33. The third-order valence-corrected chi connectivity index (χ3v) is 4.46. The third-order valence-electron chi connectivity index (χ3n) is 4.46. The zero-order valence-corrected chi connectivity index (χ0v) is 15.2. The maximum atomic E-state index is 12.9. The molecule has 0 saturated heterocycles. The summed E-state index contributed by atoms with van der Waals surface area (Å²) in [7, 11) is 0. The number of carbonyl (C=O) groups excluding carboxylic acids is 2. The Kier molecular flexibility index (Phi) is 5.06. The van der Waals surface area contributed by atoms with E-state index in [1.165, 1.54) is 0 Å². The summed E-state index contributed by atoms with van der Waals surface area (Å²) in [6.45, 7) is 1.17. The second-order valence-corrected chi connectivity index (χ2v) is 6.41. The first-order chi connectivity index (χ1) is 13.7. The molecule has 0 spiro atoms. The molecule has 1 amide bonds. The zero-order valence-electron chi connectivity index (χ0n) is 15.2. The average Bonchev–Trinajstić information content (AvgIpc) is 2.99. The van der Waals surface area contributed by atoms with Gasteiger partial charge in [-0.15, -0.1) is 0 Å². The number of ketones is 1. The Morgan fingerprint density at radius 1 is 0.750 bits per heavy atom. The van der Waals surface area contributed by atoms with Gasteiger partial charge in [-0.3, -0.25) is 9.59 Å². The molecule has 0 fully saturated rings. The van der Waals surface area contributed by atoms with E-state index in [-0.39, 0.29) is 11.7 Å². The summed E-state index contributed by atoms with van der Waals surface area (Å²) < 4.78 is 11.3. The van der Waals surface area contributed by atoms with Crippen LogP contribution in [0.5, 0.6) is 11.5 Å². The Bertz CT molecular complexity index is 1010. The molecule has 0 unspecified atom stereocenters. The average molecular weight is 373 g/mol. The summed E-state index contributed by atoms with van der Waals surface area (Å²) in [5.74, 6) is 0.721. The van der Waals surface area contributed by atoms with Crippen LogP contribution in [0.1, 0.15) is 32.7 Å². The van der Waals surface area contributed by atoms with Crippen LogP contribution in [0, 0.1) is 0 Å². The highest BCUT2D eigenvalue weighted by Gasteiger charge is 2.19. The minimum absolute atomic E-state index is 0.190. The fraction of sp³-hybridized carbons (Fsp3) is 0.130. The quantitative estimate of drug-likeness (QED) is 0.692. The van der Waals surface area contributed by atoms with Crippen molar-refractivity contribution in [3.63, 3.8) is 0 Å². The highest BCUT2D eigenvalue weighted by molar-refractivity contribution is 6.17. The van der Waals surface area contributed by atoms with E-state index in [1.807, 2.05) is 6.07 Å². The van der Waals surface area contributed by atoms with Crippen LogP contribution in [0.15, 0.2) is 72.8 Å². The van der Waals surface area contributed by atoms with Crippen molar-refractivity contribution in [2.24, 2.45) is 0 Å². The summed E-state index contributed by atoms with van der Waals surface area (Å²) in [5, 5.41) is 2.85. The SMILES string of the molecule is O=C(Nc1ccc2c(c1)OCCCO2)c1ccccc1C(=O)c1ccccc1. The van der Waals surface area contributed by atoms with Crippen LogP contribution in [-0.4, -0.2) is 24.9 Å². The number of benzene rings is 3. The molecule has 28 heavy (non-hydrogen) atoms. The van der Waals surface area contributed by atoms with Gasteiger partial charge in [0.05, 0.1) is 18.8 Å². The summed E-state index contributed by atoms with van der Waals surface area (Å²) in [5.41, 5.74) is 1.80. The van der Waals surface area contributed by atoms with Crippen LogP contribution in [-0.2, 0) is 0 Å². The van der Waals surface area contributed by atoms with E-state index in [1.54, 1.807) is 66.7 Å². The molecule has 0 bridgehead atoms. The Morgan fingerprint density at radius 2 is 1.43 bits per heavy atom. The third kappa shape index (κ3) is 3.74. The van der Waals surface area contributed by atoms with E-state index < -0.39 is 0 Å². The first-order valence-corrected chi connectivity index (χ1v) is 9.12. The molecule has 3 aromatic rings. The maximum absolute atomic E-state index is 12.9. The molecule has 0 aromatic heterocycles. The van der Waals surface area contributed by atoms with Crippen LogP contribution in [0.3, 0.4) is 0 Å². The standard InChI is InChI=1S/C23H19NO4/c25-22(16-7-2-1-3-8-16)18-9-4-5-10-19(18)23(26)24-17-11-12-20-21(15-17)28-14-6-13-27-20/h1-5,7-12,15H,6,13-14H2,(H,24,26). The number of hydrogen-bond donors (Lipinski definition) is 1. The van der Waals surface area contributed by atoms with Gasteiger partial charge in [0, 0.05) is 29.3 Å². The topological polar surface area (TPSA) is 64.6 Å². The lowest BCUT2D eigenvalue weighted by Crippen LogP contribution is -2.17. The van der Waals surface area contributed by atoms with Crippen molar-refractivity contribution in [3.8, 4) is 11.5 Å². The molecular formula is C23H19NO4. The number of ether oxygens (including phenoxy) is 2. The van der Waals surface area contributed by atoms with E-state index in [2.05, 4.69) is 5.32 Å². The molecule has 5 heteroatoms. The first kappa shape index (κ1) is 17.8. The summed E-state index contributed by atoms with van der Waals surface area (Å²) in [6, 6.07) is 21.0. The van der Waals surface area contributed by atoms with Crippen molar-refractivity contribution < 1.29 is 19.1 Å². The van der Waals surface area contributed by atoms with Gasteiger partial charge in [0.25, 0.3) is 5.91 Å². The van der Waals surface area contributed by atoms with E-state index in [0.29, 0.717) is 47.1 Å². The second kappa shape index (κ2) is 7.96. The molecule has 3 aromatic carbocycles. The lowest BCUT2D eigenvalue weighted by atomic mass is 9.98. The van der Waals surface area contributed by atoms with Gasteiger partial charge in [0.1, 0.15) is 0 Å². The van der Waals surface area contributed by atoms with E-state index >= 15 is 0 Å². The van der Waals surface area contributed by atoms with Crippen molar-refractivity contribution in [1.82, 2.24) is 0 Å². The van der Waals surface area contributed by atoms with E-state index in [0.717, 1.165) is 6.42 Å².